The van der Waals surface area contributed by atoms with E-state index in [1.165, 1.54) is 17.3 Å². The van der Waals surface area contributed by atoms with Crippen LogP contribution in [-0.4, -0.2) is 32.5 Å². The molecule has 1 aliphatic heterocycles. The number of fused-ring (bicyclic) bond motifs is 1. The van der Waals surface area contributed by atoms with Crippen molar-refractivity contribution in [2.24, 2.45) is 0 Å². The number of nitrogens with one attached hydrogen (secondary N) is 1. The van der Waals surface area contributed by atoms with E-state index >= 15 is 0 Å². The van der Waals surface area contributed by atoms with E-state index in [2.05, 4.69) is 23.2 Å². The summed E-state index contributed by atoms with van der Waals surface area (Å²) >= 11 is 1.31. The molecule has 1 aromatic heterocycles. The predicted octanol–water partition coefficient (Wildman–Crippen LogP) is 3.27. The maximum atomic E-state index is 13.0. The quantitative estimate of drug-likeness (QED) is 0.636. The molecular formula is C22H24N4O2S. The number of hydrogen-bond acceptors (Lipinski definition) is 4. The van der Waals surface area contributed by atoms with Crippen LogP contribution in [-0.2, 0) is 24.2 Å². The highest BCUT2D eigenvalue weighted by Gasteiger charge is 2.28. The molecule has 1 atom stereocenters. The van der Waals surface area contributed by atoms with Gasteiger partial charge in [0, 0.05) is 18.3 Å². The predicted molar refractivity (Wildman–Crippen MR) is 115 cm³/mol. The lowest BCUT2D eigenvalue weighted by molar-refractivity contribution is -0.116. The van der Waals surface area contributed by atoms with Gasteiger partial charge >= 0.3 is 5.69 Å². The Labute approximate surface area is 173 Å². The van der Waals surface area contributed by atoms with E-state index in [1.54, 1.807) is 4.57 Å². The number of amides is 1. The van der Waals surface area contributed by atoms with Crippen LogP contribution in [0.25, 0.3) is 0 Å². The molecule has 29 heavy (non-hydrogen) atoms. The van der Waals surface area contributed by atoms with Crippen molar-refractivity contribution in [3.05, 3.63) is 76.2 Å². The molecular weight excluding hydrogens is 384 g/mol. The van der Waals surface area contributed by atoms with Gasteiger partial charge in [0.2, 0.25) is 5.91 Å². The fourth-order valence-electron chi connectivity index (χ4n) is 3.76. The molecule has 0 saturated heterocycles. The first-order valence-electron chi connectivity index (χ1n) is 9.85. The minimum atomic E-state index is -0.243. The molecule has 2 heterocycles. The lowest BCUT2D eigenvalue weighted by Crippen LogP contribution is -2.43. The van der Waals surface area contributed by atoms with E-state index in [0.29, 0.717) is 11.7 Å². The summed E-state index contributed by atoms with van der Waals surface area (Å²) in [5, 5.41) is 7.19. The molecule has 0 fully saturated rings. The molecule has 0 spiro atoms. The summed E-state index contributed by atoms with van der Waals surface area (Å²) in [6.45, 7) is 2.61. The van der Waals surface area contributed by atoms with Crippen molar-refractivity contribution in [2.45, 2.75) is 43.9 Å². The number of H-pyrrole nitrogens is 1. The second-order valence-electron chi connectivity index (χ2n) is 7.27. The van der Waals surface area contributed by atoms with Gasteiger partial charge in [-0.25, -0.2) is 9.89 Å². The van der Waals surface area contributed by atoms with Crippen molar-refractivity contribution in [1.82, 2.24) is 14.8 Å². The number of carbonyl (C=O) groups excluding carboxylic acids is 1. The Kier molecular flexibility index (Phi) is 5.85. The van der Waals surface area contributed by atoms with Gasteiger partial charge in [-0.3, -0.25) is 9.36 Å². The molecule has 1 aliphatic rings. The number of aromatic amines is 1. The van der Waals surface area contributed by atoms with Gasteiger partial charge in [-0.1, -0.05) is 60.3 Å². The highest BCUT2D eigenvalue weighted by Crippen LogP contribution is 2.31. The summed E-state index contributed by atoms with van der Waals surface area (Å²) in [6.07, 6.45) is 2.68. The molecule has 6 nitrogen and oxygen atoms in total. The van der Waals surface area contributed by atoms with E-state index < -0.39 is 0 Å². The van der Waals surface area contributed by atoms with Crippen molar-refractivity contribution in [1.29, 1.82) is 0 Å². The van der Waals surface area contributed by atoms with Gasteiger partial charge in [0.25, 0.3) is 0 Å². The van der Waals surface area contributed by atoms with E-state index in [9.17, 15) is 9.59 Å². The highest BCUT2D eigenvalue weighted by molar-refractivity contribution is 7.99. The van der Waals surface area contributed by atoms with Gasteiger partial charge < -0.3 is 4.90 Å². The van der Waals surface area contributed by atoms with Crippen LogP contribution < -0.4 is 10.6 Å². The number of anilines is 1. The van der Waals surface area contributed by atoms with Gasteiger partial charge in [0.15, 0.2) is 5.16 Å². The maximum absolute atomic E-state index is 13.0. The molecule has 1 amide bonds. The molecule has 0 bridgehead atoms. The molecule has 2 aromatic carbocycles. The largest absolute Gasteiger partial charge is 0.343 e. The number of nitrogens with zero attached hydrogens (tertiary/aromatic N) is 3. The van der Waals surface area contributed by atoms with Crippen LogP contribution in [0.5, 0.6) is 0 Å². The van der Waals surface area contributed by atoms with Crippen LogP contribution >= 0.6 is 11.8 Å². The fourth-order valence-corrected chi connectivity index (χ4v) is 4.59. The maximum Gasteiger partial charge on any atom is 0.343 e. The number of aryl methyl sites for hydroxylation is 2. The molecule has 1 unspecified atom stereocenters. The first kappa shape index (κ1) is 19.5. The highest BCUT2D eigenvalue weighted by atomic mass is 32.2. The van der Waals surface area contributed by atoms with Gasteiger partial charge in [-0.2, -0.15) is 0 Å². The zero-order valence-corrected chi connectivity index (χ0v) is 17.2. The van der Waals surface area contributed by atoms with Crippen LogP contribution in [0.15, 0.2) is 64.5 Å². The Morgan fingerprint density at radius 2 is 1.93 bits per heavy atom. The van der Waals surface area contributed by atoms with Gasteiger partial charge in [0.1, 0.15) is 0 Å². The monoisotopic (exact) mass is 408 g/mol. The first-order chi connectivity index (χ1) is 14.1. The number of rotatable bonds is 6. The lowest BCUT2D eigenvalue weighted by atomic mass is 9.97. The number of thioether (sulfide) groups is 1. The van der Waals surface area contributed by atoms with Crippen molar-refractivity contribution < 1.29 is 4.79 Å². The minimum Gasteiger partial charge on any atom is -0.309 e. The molecule has 7 heteroatoms. The normalized spacial score (nSPS) is 15.9. The Hall–Kier alpha value is -2.80. The number of hydrogen-bond donors (Lipinski definition) is 1. The van der Waals surface area contributed by atoms with Crippen molar-refractivity contribution in [3.63, 3.8) is 0 Å². The SMILES string of the molecule is CC1CCc2ccccc2N1C(=O)CSc1n[nH]c(=O)n1CCc1ccccc1. The number of carbonyl (C=O) groups is 1. The fraction of sp³-hybridized carbons (Fsp3) is 0.318. The summed E-state index contributed by atoms with van der Waals surface area (Å²) in [5.74, 6) is 0.286. The molecule has 3 aromatic rings. The van der Waals surface area contributed by atoms with Crippen LogP contribution in [0.1, 0.15) is 24.5 Å². The van der Waals surface area contributed by atoms with Gasteiger partial charge in [-0.05, 0) is 43.4 Å². The number of para-hydroxylation sites is 1. The van der Waals surface area contributed by atoms with Crippen LogP contribution in [0, 0.1) is 0 Å². The Balaban J connectivity index is 1.44. The summed E-state index contributed by atoms with van der Waals surface area (Å²) in [4.78, 5) is 27.1. The zero-order chi connectivity index (χ0) is 20.2. The average Bonchev–Trinajstić information content (AvgIpc) is 3.10. The minimum absolute atomic E-state index is 0.0414. The molecule has 150 valence electrons. The molecule has 1 N–H and O–H groups in total. The number of aromatic nitrogens is 3. The van der Waals surface area contributed by atoms with Crippen molar-refractivity contribution in [3.8, 4) is 0 Å². The van der Waals surface area contributed by atoms with E-state index in [-0.39, 0.29) is 23.4 Å². The van der Waals surface area contributed by atoms with Crippen LogP contribution in [0.3, 0.4) is 0 Å². The first-order valence-corrected chi connectivity index (χ1v) is 10.8. The summed E-state index contributed by atoms with van der Waals surface area (Å²) < 4.78 is 1.61. The van der Waals surface area contributed by atoms with Crippen LogP contribution in [0.2, 0.25) is 0 Å². The molecule has 0 saturated carbocycles. The third-order valence-electron chi connectivity index (χ3n) is 5.31. The van der Waals surface area contributed by atoms with E-state index in [1.807, 2.05) is 53.4 Å². The topological polar surface area (TPSA) is 71.0 Å². The van der Waals surface area contributed by atoms with Crippen LogP contribution in [0.4, 0.5) is 5.69 Å². The van der Waals surface area contributed by atoms with Crippen molar-refractivity contribution in [2.75, 3.05) is 10.7 Å². The lowest BCUT2D eigenvalue weighted by Gasteiger charge is -2.35. The smallest absolute Gasteiger partial charge is 0.309 e. The number of benzene rings is 2. The van der Waals surface area contributed by atoms with E-state index in [4.69, 9.17) is 0 Å². The average molecular weight is 409 g/mol. The third kappa shape index (κ3) is 4.29. The Morgan fingerprint density at radius 3 is 2.76 bits per heavy atom. The van der Waals surface area contributed by atoms with Gasteiger partial charge in [-0.15, -0.1) is 5.10 Å². The summed E-state index contributed by atoms with van der Waals surface area (Å²) in [5.41, 5.74) is 3.13. The molecule has 0 aliphatic carbocycles. The van der Waals surface area contributed by atoms with Crippen molar-refractivity contribution >= 4 is 23.4 Å². The Morgan fingerprint density at radius 1 is 1.17 bits per heavy atom. The molecule has 4 rings (SSSR count). The van der Waals surface area contributed by atoms with Gasteiger partial charge in [0.05, 0.1) is 5.75 Å². The summed E-state index contributed by atoms with van der Waals surface area (Å²) in [6, 6.07) is 18.3. The second-order valence-corrected chi connectivity index (χ2v) is 8.21. The second kappa shape index (κ2) is 8.69. The Bertz CT molecular complexity index is 1040. The van der Waals surface area contributed by atoms with E-state index in [0.717, 1.165) is 30.5 Å². The third-order valence-corrected chi connectivity index (χ3v) is 6.27. The zero-order valence-electron chi connectivity index (χ0n) is 16.4. The molecule has 0 radical (unpaired) electrons. The standard InChI is InChI=1S/C22H24N4O2S/c1-16-11-12-18-9-5-6-10-19(18)26(16)20(27)15-29-22-24-23-21(28)25(22)14-13-17-7-3-2-4-8-17/h2-10,16H,11-15H2,1H3,(H,23,28). The summed E-state index contributed by atoms with van der Waals surface area (Å²) in [7, 11) is 0.